The Labute approximate surface area is 90.8 Å². The summed E-state index contributed by atoms with van der Waals surface area (Å²) in [6, 6.07) is 0. The summed E-state index contributed by atoms with van der Waals surface area (Å²) in [5.41, 5.74) is -0.332. The molecule has 4 nitrogen and oxygen atoms in total. The van der Waals surface area contributed by atoms with Crippen LogP contribution in [0, 0.1) is 17.3 Å². The van der Waals surface area contributed by atoms with E-state index in [4.69, 9.17) is 4.55 Å². The summed E-state index contributed by atoms with van der Waals surface area (Å²) < 4.78 is 30.4. The van der Waals surface area contributed by atoms with E-state index in [1.807, 2.05) is 20.8 Å². The minimum absolute atomic E-state index is 0.0375. The molecule has 1 aliphatic carbocycles. The molecule has 88 valence electrons. The summed E-state index contributed by atoms with van der Waals surface area (Å²) in [6.07, 6.45) is 1.30. The van der Waals surface area contributed by atoms with Crippen molar-refractivity contribution in [2.75, 3.05) is 5.75 Å². The van der Waals surface area contributed by atoms with Crippen LogP contribution in [-0.2, 0) is 14.9 Å². The topological polar surface area (TPSA) is 71.4 Å². The van der Waals surface area contributed by atoms with E-state index in [0.717, 1.165) is 6.42 Å². The van der Waals surface area contributed by atoms with Crippen molar-refractivity contribution in [2.45, 2.75) is 33.6 Å². The van der Waals surface area contributed by atoms with Crippen LogP contribution in [0.4, 0.5) is 0 Å². The molecule has 0 aromatic rings. The molecular weight excluding hydrogens is 216 g/mol. The van der Waals surface area contributed by atoms with Crippen LogP contribution in [0.1, 0.15) is 33.6 Å². The van der Waals surface area contributed by atoms with Crippen LogP contribution >= 0.6 is 0 Å². The highest BCUT2D eigenvalue weighted by atomic mass is 32.2. The van der Waals surface area contributed by atoms with Gasteiger partial charge in [-0.2, -0.15) is 8.42 Å². The lowest BCUT2D eigenvalue weighted by atomic mass is 9.75. The summed E-state index contributed by atoms with van der Waals surface area (Å²) >= 11 is 0. The molecule has 0 radical (unpaired) electrons. The fraction of sp³-hybridized carbons (Fsp3) is 0.900. The van der Waals surface area contributed by atoms with Gasteiger partial charge >= 0.3 is 0 Å². The average molecular weight is 234 g/mol. The van der Waals surface area contributed by atoms with Gasteiger partial charge in [-0.25, -0.2) is 0 Å². The standard InChI is InChI=1S/C10H18O4S/c1-4-7-5-9(11)8(10(7,2)3)6-15(12,13)14/h7-8H,4-6H2,1-3H3,(H,12,13,14)/t7?,8-/m1/s1. The summed E-state index contributed by atoms with van der Waals surface area (Å²) in [4.78, 5) is 11.7. The van der Waals surface area contributed by atoms with Gasteiger partial charge in [0.05, 0.1) is 5.75 Å². The molecule has 0 aromatic carbocycles. The van der Waals surface area contributed by atoms with Crippen molar-refractivity contribution in [1.29, 1.82) is 0 Å². The molecule has 0 bridgehead atoms. The first kappa shape index (κ1) is 12.6. The van der Waals surface area contributed by atoms with Crippen LogP contribution in [0.15, 0.2) is 0 Å². The van der Waals surface area contributed by atoms with E-state index in [1.165, 1.54) is 0 Å². The number of hydrogen-bond acceptors (Lipinski definition) is 3. The summed E-state index contributed by atoms with van der Waals surface area (Å²) in [7, 11) is -4.06. The van der Waals surface area contributed by atoms with Crippen LogP contribution in [0.3, 0.4) is 0 Å². The maximum absolute atomic E-state index is 11.7. The Kier molecular flexibility index (Phi) is 3.26. The minimum Gasteiger partial charge on any atom is -0.299 e. The van der Waals surface area contributed by atoms with Gasteiger partial charge in [0.1, 0.15) is 5.78 Å². The van der Waals surface area contributed by atoms with Gasteiger partial charge in [-0.3, -0.25) is 9.35 Å². The van der Waals surface area contributed by atoms with Crippen molar-refractivity contribution >= 4 is 15.9 Å². The summed E-state index contributed by atoms with van der Waals surface area (Å²) in [6.45, 7) is 5.80. The number of Topliss-reactive ketones (excluding diaryl/α,β-unsaturated/α-hetero) is 1. The molecule has 1 aliphatic rings. The zero-order valence-electron chi connectivity index (χ0n) is 9.36. The van der Waals surface area contributed by atoms with Crippen molar-refractivity contribution in [2.24, 2.45) is 17.3 Å². The van der Waals surface area contributed by atoms with Gasteiger partial charge in [0, 0.05) is 12.3 Å². The maximum atomic E-state index is 11.7. The molecule has 5 heteroatoms. The molecule has 1 unspecified atom stereocenters. The molecule has 0 aliphatic heterocycles. The molecule has 15 heavy (non-hydrogen) atoms. The van der Waals surface area contributed by atoms with E-state index < -0.39 is 21.8 Å². The van der Waals surface area contributed by atoms with E-state index in [9.17, 15) is 13.2 Å². The summed E-state index contributed by atoms with van der Waals surface area (Å²) in [5, 5.41) is 0. The molecule has 1 saturated carbocycles. The number of carbonyl (C=O) groups is 1. The fourth-order valence-electron chi connectivity index (χ4n) is 2.54. The first-order valence-corrected chi connectivity index (χ1v) is 6.77. The van der Waals surface area contributed by atoms with Crippen molar-refractivity contribution in [3.05, 3.63) is 0 Å². The highest BCUT2D eigenvalue weighted by Gasteiger charge is 2.48. The second-order valence-electron chi connectivity index (χ2n) is 4.90. The second-order valence-corrected chi connectivity index (χ2v) is 6.40. The monoisotopic (exact) mass is 234 g/mol. The van der Waals surface area contributed by atoms with E-state index >= 15 is 0 Å². The predicted octanol–water partition coefficient (Wildman–Crippen LogP) is 1.52. The van der Waals surface area contributed by atoms with Gasteiger partial charge in [0.2, 0.25) is 0 Å². The Bertz CT molecular complexity index is 356. The molecule has 0 aromatic heterocycles. The minimum atomic E-state index is -4.06. The van der Waals surface area contributed by atoms with E-state index in [-0.39, 0.29) is 17.1 Å². The second kappa shape index (κ2) is 3.87. The van der Waals surface area contributed by atoms with Gasteiger partial charge in [-0.15, -0.1) is 0 Å². The van der Waals surface area contributed by atoms with Gasteiger partial charge in [0.25, 0.3) is 10.1 Å². The van der Waals surface area contributed by atoms with E-state index in [1.54, 1.807) is 0 Å². The molecule has 1 rings (SSSR count). The highest BCUT2D eigenvalue weighted by molar-refractivity contribution is 7.85. The number of hydrogen-bond donors (Lipinski definition) is 1. The molecule has 0 heterocycles. The Morgan fingerprint density at radius 1 is 1.47 bits per heavy atom. The molecule has 2 atom stereocenters. The third-order valence-electron chi connectivity index (χ3n) is 3.66. The van der Waals surface area contributed by atoms with Crippen LogP contribution in [-0.4, -0.2) is 24.5 Å². The average Bonchev–Trinajstić information content (AvgIpc) is 2.25. The zero-order chi connectivity index (χ0) is 11.9. The van der Waals surface area contributed by atoms with E-state index in [2.05, 4.69) is 0 Å². The third kappa shape index (κ3) is 2.58. The van der Waals surface area contributed by atoms with Gasteiger partial charge in [0.15, 0.2) is 0 Å². The molecule has 0 saturated heterocycles. The lowest BCUT2D eigenvalue weighted by Gasteiger charge is -2.30. The maximum Gasteiger partial charge on any atom is 0.265 e. The smallest absolute Gasteiger partial charge is 0.265 e. The normalized spacial score (nSPS) is 30.8. The van der Waals surface area contributed by atoms with Crippen molar-refractivity contribution in [3.63, 3.8) is 0 Å². The Balaban J connectivity index is 2.94. The highest BCUT2D eigenvalue weighted by Crippen LogP contribution is 2.47. The van der Waals surface area contributed by atoms with Crippen molar-refractivity contribution in [3.8, 4) is 0 Å². The first-order chi connectivity index (χ1) is 6.68. The van der Waals surface area contributed by atoms with Crippen LogP contribution in [0.5, 0.6) is 0 Å². The zero-order valence-corrected chi connectivity index (χ0v) is 10.2. The lowest BCUT2D eigenvalue weighted by molar-refractivity contribution is -0.121. The van der Waals surface area contributed by atoms with Gasteiger partial charge in [-0.05, 0) is 11.3 Å². The Morgan fingerprint density at radius 2 is 2.00 bits per heavy atom. The molecular formula is C10H18O4S. The number of carbonyl (C=O) groups excluding carboxylic acids is 1. The third-order valence-corrected chi connectivity index (χ3v) is 4.41. The molecule has 0 spiro atoms. The number of rotatable bonds is 3. The van der Waals surface area contributed by atoms with Crippen LogP contribution in [0.2, 0.25) is 0 Å². The van der Waals surface area contributed by atoms with Crippen LogP contribution in [0.25, 0.3) is 0 Å². The number of ketones is 1. The van der Waals surface area contributed by atoms with Crippen LogP contribution < -0.4 is 0 Å². The summed E-state index contributed by atoms with van der Waals surface area (Å²) in [5.74, 6) is -0.811. The molecule has 0 amide bonds. The Morgan fingerprint density at radius 3 is 2.33 bits per heavy atom. The predicted molar refractivity (Wildman–Crippen MR) is 57.1 cm³/mol. The largest absolute Gasteiger partial charge is 0.299 e. The van der Waals surface area contributed by atoms with E-state index in [0.29, 0.717) is 6.42 Å². The van der Waals surface area contributed by atoms with Gasteiger partial charge < -0.3 is 0 Å². The molecule has 1 fully saturated rings. The Hall–Kier alpha value is -0.420. The molecule has 1 N–H and O–H groups in total. The van der Waals surface area contributed by atoms with Crippen molar-refractivity contribution < 1.29 is 17.8 Å². The van der Waals surface area contributed by atoms with Gasteiger partial charge in [-0.1, -0.05) is 27.2 Å². The quantitative estimate of drug-likeness (QED) is 0.751. The fourth-order valence-corrected chi connectivity index (χ4v) is 3.57. The SMILES string of the molecule is CCC1CC(=O)[C@@H](CS(=O)(=O)O)C1(C)C. The lowest BCUT2D eigenvalue weighted by Crippen LogP contribution is -2.32. The first-order valence-electron chi connectivity index (χ1n) is 5.16. The van der Waals surface area contributed by atoms with Crippen molar-refractivity contribution in [1.82, 2.24) is 0 Å².